The molecule has 0 bridgehead atoms. The van der Waals surface area contributed by atoms with Gasteiger partial charge in [-0.25, -0.2) is 13.4 Å². The van der Waals surface area contributed by atoms with Crippen molar-refractivity contribution in [3.05, 3.63) is 57.3 Å². The minimum Gasteiger partial charge on any atom is -0.354 e. The second-order valence-electron chi connectivity index (χ2n) is 6.54. The number of nitrogens with zero attached hydrogens (tertiary/aromatic N) is 5. The Hall–Kier alpha value is -3.03. The summed E-state index contributed by atoms with van der Waals surface area (Å²) < 4.78 is 27.2. The van der Waals surface area contributed by atoms with Crippen molar-refractivity contribution in [2.24, 2.45) is 0 Å². The fraction of sp³-hybridized carbons (Fsp3) is 0.333. The van der Waals surface area contributed by atoms with Gasteiger partial charge >= 0.3 is 5.69 Å². The molecule has 0 radical (unpaired) electrons. The maximum atomic E-state index is 12.9. The van der Waals surface area contributed by atoms with Gasteiger partial charge in [-0.3, -0.25) is 10.1 Å². The van der Waals surface area contributed by atoms with Gasteiger partial charge in [0.25, 0.3) is 0 Å². The van der Waals surface area contributed by atoms with E-state index in [-0.39, 0.29) is 29.4 Å². The molecule has 2 aromatic rings. The van der Waals surface area contributed by atoms with E-state index in [1.807, 2.05) is 18.7 Å². The highest BCUT2D eigenvalue weighted by molar-refractivity contribution is 7.89. The van der Waals surface area contributed by atoms with Gasteiger partial charge in [-0.2, -0.15) is 9.57 Å². The van der Waals surface area contributed by atoms with Gasteiger partial charge in [0.05, 0.1) is 9.82 Å². The SMILES string of the molecule is Cc1ccc(S(=O)(=O)N2CCN(c3ccc([N+](=O)[O-])c(C#N)n3)CC2)cc1C. The summed E-state index contributed by atoms with van der Waals surface area (Å²) in [6.07, 6.45) is 0. The molecule has 0 spiro atoms. The highest BCUT2D eigenvalue weighted by atomic mass is 32.2. The van der Waals surface area contributed by atoms with Crippen LogP contribution in [0.25, 0.3) is 0 Å². The van der Waals surface area contributed by atoms with Crippen LogP contribution in [0, 0.1) is 35.3 Å². The zero-order chi connectivity index (χ0) is 20.5. The van der Waals surface area contributed by atoms with Crippen molar-refractivity contribution in [3.8, 4) is 6.07 Å². The van der Waals surface area contributed by atoms with E-state index in [9.17, 15) is 18.5 Å². The normalized spacial score (nSPS) is 15.2. The van der Waals surface area contributed by atoms with Crippen molar-refractivity contribution in [2.45, 2.75) is 18.7 Å². The minimum atomic E-state index is -3.59. The molecule has 1 aromatic heterocycles. The zero-order valence-electron chi connectivity index (χ0n) is 15.5. The van der Waals surface area contributed by atoms with Crippen LogP contribution >= 0.6 is 0 Å². The number of pyridine rings is 1. The van der Waals surface area contributed by atoms with Gasteiger partial charge in [0.1, 0.15) is 11.9 Å². The summed E-state index contributed by atoms with van der Waals surface area (Å²) in [6, 6.07) is 9.54. The molecule has 9 nitrogen and oxygen atoms in total. The summed E-state index contributed by atoms with van der Waals surface area (Å²) in [5.74, 6) is 0.422. The fourth-order valence-corrected chi connectivity index (χ4v) is 4.54. The minimum absolute atomic E-state index is 0.257. The monoisotopic (exact) mass is 401 g/mol. The molecule has 0 saturated carbocycles. The average molecular weight is 401 g/mol. The topological polar surface area (TPSA) is 120 Å². The number of anilines is 1. The van der Waals surface area contributed by atoms with Gasteiger partial charge in [0.2, 0.25) is 15.7 Å². The second-order valence-corrected chi connectivity index (χ2v) is 8.48. The van der Waals surface area contributed by atoms with Crippen molar-refractivity contribution in [1.29, 1.82) is 5.26 Å². The highest BCUT2D eigenvalue weighted by Gasteiger charge is 2.29. The summed E-state index contributed by atoms with van der Waals surface area (Å²) in [7, 11) is -3.59. The standard InChI is InChI=1S/C18H19N5O4S/c1-13-3-4-15(11-14(13)2)28(26,27)22-9-7-21(8-10-22)18-6-5-17(23(24)25)16(12-19)20-18/h3-6,11H,7-10H2,1-2H3. The maximum absolute atomic E-state index is 12.9. The van der Waals surface area contributed by atoms with E-state index < -0.39 is 14.9 Å². The number of nitro groups is 1. The van der Waals surface area contributed by atoms with Gasteiger partial charge in [-0.1, -0.05) is 6.07 Å². The summed E-state index contributed by atoms with van der Waals surface area (Å²) in [5, 5.41) is 20.0. The molecule has 1 aliphatic heterocycles. The number of aryl methyl sites for hydroxylation is 2. The Morgan fingerprint density at radius 1 is 1.11 bits per heavy atom. The number of aromatic nitrogens is 1. The number of sulfonamides is 1. The van der Waals surface area contributed by atoms with Crippen molar-refractivity contribution in [3.63, 3.8) is 0 Å². The maximum Gasteiger partial charge on any atom is 0.305 e. The Morgan fingerprint density at radius 3 is 2.36 bits per heavy atom. The lowest BCUT2D eigenvalue weighted by molar-refractivity contribution is -0.385. The van der Waals surface area contributed by atoms with E-state index in [2.05, 4.69) is 4.98 Å². The predicted octanol–water partition coefficient (Wildman–Crippen LogP) is 1.99. The van der Waals surface area contributed by atoms with E-state index in [0.717, 1.165) is 11.1 Å². The van der Waals surface area contributed by atoms with Crippen LogP contribution < -0.4 is 4.90 Å². The molecule has 1 saturated heterocycles. The first-order valence-corrected chi connectivity index (χ1v) is 10.1. The van der Waals surface area contributed by atoms with E-state index in [1.165, 1.54) is 16.4 Å². The molecule has 2 heterocycles. The molecular weight excluding hydrogens is 382 g/mol. The first kappa shape index (κ1) is 19.7. The van der Waals surface area contributed by atoms with Crippen LogP contribution in [0.1, 0.15) is 16.8 Å². The van der Waals surface area contributed by atoms with Crippen molar-refractivity contribution in [1.82, 2.24) is 9.29 Å². The molecule has 28 heavy (non-hydrogen) atoms. The van der Waals surface area contributed by atoms with E-state index in [0.29, 0.717) is 18.9 Å². The molecule has 3 rings (SSSR count). The first-order chi connectivity index (χ1) is 13.2. The Labute approximate surface area is 163 Å². The molecular formula is C18H19N5O4S. The Morgan fingerprint density at radius 2 is 1.79 bits per heavy atom. The highest BCUT2D eigenvalue weighted by Crippen LogP contribution is 2.24. The number of rotatable bonds is 4. The summed E-state index contributed by atoms with van der Waals surface area (Å²) in [5.41, 5.74) is 1.34. The van der Waals surface area contributed by atoms with Crippen molar-refractivity contribution >= 4 is 21.5 Å². The molecule has 0 amide bonds. The number of nitriles is 1. The first-order valence-electron chi connectivity index (χ1n) is 8.62. The second kappa shape index (κ2) is 7.53. The van der Waals surface area contributed by atoms with Crippen molar-refractivity contribution in [2.75, 3.05) is 31.1 Å². The Balaban J connectivity index is 1.76. The Bertz CT molecular complexity index is 1070. The molecule has 0 aliphatic carbocycles. The third-order valence-corrected chi connectivity index (χ3v) is 6.74. The lowest BCUT2D eigenvalue weighted by atomic mass is 10.1. The molecule has 0 N–H and O–H groups in total. The summed E-state index contributed by atoms with van der Waals surface area (Å²) in [6.45, 7) is 5.07. The average Bonchev–Trinajstić information content (AvgIpc) is 2.69. The van der Waals surface area contributed by atoms with E-state index in [1.54, 1.807) is 24.3 Å². The number of benzene rings is 1. The lowest BCUT2D eigenvalue weighted by Gasteiger charge is -2.34. The lowest BCUT2D eigenvalue weighted by Crippen LogP contribution is -2.49. The molecule has 0 unspecified atom stereocenters. The van der Waals surface area contributed by atoms with Gasteiger partial charge in [-0.05, 0) is 43.2 Å². The molecule has 146 valence electrons. The van der Waals surface area contributed by atoms with Gasteiger partial charge in [0, 0.05) is 32.2 Å². The van der Waals surface area contributed by atoms with E-state index >= 15 is 0 Å². The van der Waals surface area contributed by atoms with Crippen LogP contribution in [0.3, 0.4) is 0 Å². The van der Waals surface area contributed by atoms with Gasteiger partial charge in [-0.15, -0.1) is 0 Å². The van der Waals surface area contributed by atoms with Crippen molar-refractivity contribution < 1.29 is 13.3 Å². The molecule has 1 fully saturated rings. The Kier molecular flexibility index (Phi) is 5.31. The fourth-order valence-electron chi connectivity index (χ4n) is 3.03. The smallest absolute Gasteiger partial charge is 0.305 e. The van der Waals surface area contributed by atoms with Crippen LogP contribution in [0.15, 0.2) is 35.2 Å². The number of hydrogen-bond donors (Lipinski definition) is 0. The van der Waals surface area contributed by atoms with Crippen LogP contribution in [0.2, 0.25) is 0 Å². The van der Waals surface area contributed by atoms with Crippen LogP contribution in [0.4, 0.5) is 11.5 Å². The third-order valence-electron chi connectivity index (χ3n) is 4.84. The quantitative estimate of drug-likeness (QED) is 0.567. The van der Waals surface area contributed by atoms with Gasteiger partial charge in [0.15, 0.2) is 0 Å². The number of piperazine rings is 1. The molecule has 10 heteroatoms. The van der Waals surface area contributed by atoms with Crippen LogP contribution in [-0.4, -0.2) is 48.8 Å². The van der Waals surface area contributed by atoms with Crippen LogP contribution in [-0.2, 0) is 10.0 Å². The van der Waals surface area contributed by atoms with Gasteiger partial charge < -0.3 is 4.90 Å². The van der Waals surface area contributed by atoms with Crippen LogP contribution in [0.5, 0.6) is 0 Å². The van der Waals surface area contributed by atoms with E-state index in [4.69, 9.17) is 5.26 Å². The summed E-state index contributed by atoms with van der Waals surface area (Å²) >= 11 is 0. The largest absolute Gasteiger partial charge is 0.354 e. The molecule has 0 atom stereocenters. The molecule has 1 aliphatic rings. The predicted molar refractivity (Wildman–Crippen MR) is 102 cm³/mol. The summed E-state index contributed by atoms with van der Waals surface area (Å²) in [4.78, 5) is 16.4. The number of hydrogen-bond acceptors (Lipinski definition) is 7. The zero-order valence-corrected chi connectivity index (χ0v) is 16.3. The molecule has 1 aromatic carbocycles. The third kappa shape index (κ3) is 3.67.